The van der Waals surface area contributed by atoms with E-state index in [9.17, 15) is 0 Å². The quantitative estimate of drug-likeness (QED) is 0.838. The van der Waals surface area contributed by atoms with Crippen LogP contribution in [0.4, 0.5) is 0 Å². The Bertz CT molecular complexity index is 527. The predicted octanol–water partition coefficient (Wildman–Crippen LogP) is 3.16. The van der Waals surface area contributed by atoms with E-state index >= 15 is 0 Å². The summed E-state index contributed by atoms with van der Waals surface area (Å²) in [6.07, 6.45) is 0. The van der Waals surface area contributed by atoms with Gasteiger partial charge in [-0.2, -0.15) is 0 Å². The van der Waals surface area contributed by atoms with Crippen LogP contribution in [-0.4, -0.2) is 21.2 Å². The minimum atomic E-state index is -1.66. The van der Waals surface area contributed by atoms with Crippen molar-refractivity contribution in [1.29, 1.82) is 0 Å². The van der Waals surface area contributed by atoms with E-state index in [1.807, 2.05) is 24.3 Å². The smallest absolute Gasteiger partial charge is 0.120 e. The van der Waals surface area contributed by atoms with Crippen LogP contribution in [-0.2, 0) is 0 Å². The molecule has 20 heavy (non-hydrogen) atoms. The second kappa shape index (κ2) is 5.90. The average molecular weight is 322 g/mol. The molecule has 0 unspecified atom stereocenters. The lowest BCUT2D eigenvalue weighted by atomic mass is 10.3. The molecule has 0 atom stereocenters. The molecule has 1 N–H and O–H groups in total. The molecule has 2 aromatic carbocycles. The topological polar surface area (TPSA) is 12.0 Å². The van der Waals surface area contributed by atoms with Gasteiger partial charge in [0.15, 0.2) is 0 Å². The van der Waals surface area contributed by atoms with Crippen LogP contribution >= 0.6 is 23.2 Å². The molecule has 1 saturated heterocycles. The molecule has 0 aromatic heterocycles. The summed E-state index contributed by atoms with van der Waals surface area (Å²) in [6.45, 7) is 2.19. The van der Waals surface area contributed by atoms with Crippen molar-refractivity contribution in [3.05, 3.63) is 58.6 Å². The van der Waals surface area contributed by atoms with Crippen LogP contribution in [0.1, 0.15) is 0 Å². The van der Waals surface area contributed by atoms with Gasteiger partial charge in [0, 0.05) is 10.0 Å². The lowest BCUT2D eigenvalue weighted by Gasteiger charge is -2.36. The van der Waals surface area contributed by atoms with Crippen molar-refractivity contribution in [3.8, 4) is 0 Å². The maximum absolute atomic E-state index is 6.05. The van der Waals surface area contributed by atoms with Crippen molar-refractivity contribution >= 4 is 41.6 Å². The van der Waals surface area contributed by atoms with E-state index in [4.69, 9.17) is 23.2 Å². The highest BCUT2D eigenvalue weighted by molar-refractivity contribution is 7.02. The Hall–Kier alpha value is -0.803. The standard InChI is InChI=1S/C16H17Cl2NSi/c17-13-1-5-15(6-2-13)20(11-9-19-10-12-20)16-7-3-14(18)4-8-16/h1-8,19H,9-12H2. The molecule has 3 rings (SSSR count). The van der Waals surface area contributed by atoms with Gasteiger partial charge in [0.25, 0.3) is 0 Å². The highest BCUT2D eigenvalue weighted by Gasteiger charge is 2.38. The normalized spacial score (nSPS) is 17.9. The molecular weight excluding hydrogens is 305 g/mol. The van der Waals surface area contributed by atoms with Gasteiger partial charge in [-0.3, -0.25) is 0 Å². The molecule has 1 heterocycles. The van der Waals surface area contributed by atoms with Crippen molar-refractivity contribution in [2.24, 2.45) is 0 Å². The Morgan fingerprint density at radius 2 is 1.10 bits per heavy atom. The first-order chi connectivity index (χ1) is 9.71. The number of hydrogen-bond acceptors (Lipinski definition) is 1. The lowest BCUT2D eigenvalue weighted by molar-refractivity contribution is 0.718. The number of halogens is 2. The van der Waals surface area contributed by atoms with Crippen molar-refractivity contribution in [3.63, 3.8) is 0 Å². The second-order valence-electron chi connectivity index (χ2n) is 5.35. The highest BCUT2D eigenvalue weighted by atomic mass is 35.5. The first-order valence-corrected chi connectivity index (χ1v) is 10.1. The van der Waals surface area contributed by atoms with Crippen molar-refractivity contribution < 1.29 is 0 Å². The molecular formula is C16H17Cl2NSi. The zero-order valence-corrected chi connectivity index (χ0v) is 13.7. The van der Waals surface area contributed by atoms with Crippen molar-refractivity contribution in [2.45, 2.75) is 12.1 Å². The Morgan fingerprint density at radius 3 is 1.50 bits per heavy atom. The highest BCUT2D eigenvalue weighted by Crippen LogP contribution is 2.21. The molecule has 0 spiro atoms. The van der Waals surface area contributed by atoms with Crippen molar-refractivity contribution in [2.75, 3.05) is 13.1 Å². The molecule has 0 aliphatic carbocycles. The summed E-state index contributed by atoms with van der Waals surface area (Å²) >= 11 is 12.1. The molecule has 0 radical (unpaired) electrons. The van der Waals surface area contributed by atoms with Crippen molar-refractivity contribution in [1.82, 2.24) is 5.32 Å². The summed E-state index contributed by atoms with van der Waals surface area (Å²) in [6, 6.07) is 19.4. The number of benzene rings is 2. The fourth-order valence-electron chi connectivity index (χ4n) is 3.14. The second-order valence-corrected chi connectivity index (χ2v) is 10.5. The van der Waals surface area contributed by atoms with Gasteiger partial charge in [-0.05, 0) is 49.4 Å². The van der Waals surface area contributed by atoms with Gasteiger partial charge >= 0.3 is 0 Å². The average Bonchev–Trinajstić information content (AvgIpc) is 2.49. The van der Waals surface area contributed by atoms with Gasteiger partial charge in [-0.1, -0.05) is 57.8 Å². The predicted molar refractivity (Wildman–Crippen MR) is 90.4 cm³/mol. The summed E-state index contributed by atoms with van der Waals surface area (Å²) in [5.74, 6) is 0. The molecule has 0 saturated carbocycles. The molecule has 0 amide bonds. The molecule has 1 fully saturated rings. The Balaban J connectivity index is 2.08. The zero-order valence-electron chi connectivity index (χ0n) is 11.2. The van der Waals surface area contributed by atoms with E-state index < -0.39 is 8.07 Å². The van der Waals surface area contributed by atoms with Crippen LogP contribution in [0.3, 0.4) is 0 Å². The molecule has 0 bridgehead atoms. The summed E-state index contributed by atoms with van der Waals surface area (Å²) < 4.78 is 0. The van der Waals surface area contributed by atoms with Gasteiger partial charge < -0.3 is 5.32 Å². The largest absolute Gasteiger partial charge is 0.317 e. The SMILES string of the molecule is Clc1ccc([Si]2(c3ccc(Cl)cc3)CCNCC2)cc1. The maximum atomic E-state index is 6.05. The molecule has 1 aliphatic rings. The number of nitrogens with one attached hydrogen (secondary N) is 1. The first kappa shape index (κ1) is 14.1. The summed E-state index contributed by atoms with van der Waals surface area (Å²) in [4.78, 5) is 0. The van der Waals surface area contributed by atoms with E-state index in [2.05, 4.69) is 29.6 Å². The maximum Gasteiger partial charge on any atom is 0.120 e. The molecule has 2 aromatic rings. The summed E-state index contributed by atoms with van der Waals surface area (Å²) in [5, 5.41) is 8.06. The monoisotopic (exact) mass is 321 g/mol. The minimum Gasteiger partial charge on any atom is -0.317 e. The Kier molecular flexibility index (Phi) is 4.17. The zero-order chi connectivity index (χ0) is 14.0. The van der Waals surface area contributed by atoms with Crippen LogP contribution in [0.5, 0.6) is 0 Å². The third kappa shape index (κ3) is 2.66. The van der Waals surface area contributed by atoms with Crippen LogP contribution in [0.2, 0.25) is 22.1 Å². The Labute approximate surface area is 130 Å². The van der Waals surface area contributed by atoms with E-state index in [1.165, 1.54) is 22.5 Å². The van der Waals surface area contributed by atoms with E-state index in [-0.39, 0.29) is 0 Å². The van der Waals surface area contributed by atoms with E-state index in [0.717, 1.165) is 23.1 Å². The summed E-state index contributed by atoms with van der Waals surface area (Å²) in [5.41, 5.74) is 0. The minimum absolute atomic E-state index is 0.808. The third-order valence-electron chi connectivity index (χ3n) is 4.25. The van der Waals surface area contributed by atoms with Crippen LogP contribution in [0.15, 0.2) is 48.5 Å². The number of hydrogen-bond donors (Lipinski definition) is 1. The molecule has 1 nitrogen and oxygen atoms in total. The van der Waals surface area contributed by atoms with Crippen LogP contribution in [0.25, 0.3) is 0 Å². The van der Waals surface area contributed by atoms with E-state index in [1.54, 1.807) is 0 Å². The molecule has 104 valence electrons. The van der Waals surface area contributed by atoms with Gasteiger partial charge in [-0.15, -0.1) is 0 Å². The lowest BCUT2D eigenvalue weighted by Crippen LogP contribution is -2.62. The fraction of sp³-hybridized carbons (Fsp3) is 0.250. The third-order valence-corrected chi connectivity index (χ3v) is 9.84. The fourth-order valence-corrected chi connectivity index (χ4v) is 7.94. The van der Waals surface area contributed by atoms with Gasteiger partial charge in [0.1, 0.15) is 8.07 Å². The van der Waals surface area contributed by atoms with Crippen LogP contribution < -0.4 is 15.7 Å². The molecule has 1 aliphatic heterocycles. The first-order valence-electron chi connectivity index (χ1n) is 6.93. The van der Waals surface area contributed by atoms with E-state index in [0.29, 0.717) is 0 Å². The molecule has 4 heteroatoms. The van der Waals surface area contributed by atoms with Gasteiger partial charge in [0.05, 0.1) is 0 Å². The van der Waals surface area contributed by atoms with Crippen LogP contribution in [0, 0.1) is 0 Å². The van der Waals surface area contributed by atoms with Gasteiger partial charge in [-0.25, -0.2) is 0 Å². The van der Waals surface area contributed by atoms with Gasteiger partial charge in [0.2, 0.25) is 0 Å². The number of rotatable bonds is 2. The Morgan fingerprint density at radius 1 is 0.700 bits per heavy atom. The summed E-state index contributed by atoms with van der Waals surface area (Å²) in [7, 11) is -1.66.